The van der Waals surface area contributed by atoms with Crippen molar-refractivity contribution in [3.05, 3.63) is 35.9 Å². The molecule has 0 aliphatic heterocycles. The van der Waals surface area contributed by atoms with E-state index in [1.807, 2.05) is 32.0 Å². The van der Waals surface area contributed by atoms with Gasteiger partial charge in [-0.15, -0.1) is 0 Å². The summed E-state index contributed by atoms with van der Waals surface area (Å²) in [4.78, 5) is 0. The Balaban J connectivity index is -0.0000000534. The molecule has 2 aliphatic rings. The molecule has 3 rings (SSSR count). The number of unbranched alkanes of at least 4 members (excludes halogenated alkanes) is 10. The second kappa shape index (κ2) is 176. The first-order valence-corrected chi connectivity index (χ1v) is 68.3. The quantitative estimate of drug-likeness (QED) is 0.0594. The van der Waals surface area contributed by atoms with E-state index in [1.54, 1.807) is 0 Å². The molecule has 2 unspecified atom stereocenters. The van der Waals surface area contributed by atoms with Crippen LogP contribution in [0.5, 0.6) is 0 Å². The molecule has 1 aromatic carbocycles. The van der Waals surface area contributed by atoms with Gasteiger partial charge in [0.1, 0.15) is 0 Å². The van der Waals surface area contributed by atoms with Gasteiger partial charge in [0.2, 0.25) is 0 Å². The second-order valence-corrected chi connectivity index (χ2v) is 54.6. The molecular weight excluding hydrogens is 1800 g/mol. The molecular formula is C150H340. The number of hydrogen-bond acceptors (Lipinski definition) is 0. The smallest absolute Gasteiger partial charge is 0.0359 e. The highest BCUT2D eigenvalue weighted by Gasteiger charge is 2.12. The summed E-state index contributed by atoms with van der Waals surface area (Å²) in [6.07, 6.45) is 72.6. The SMILES string of the molecule is CC.CC(C)(C)C.CC(C)C.CC1CCCC1.CC1CCCCC1.CCC.CCC(C)(C)C.CCC(C)(C)C.CCC(C)(C)CC.CCC(C)C.CCC(C)C.CCC(C)CC.CCC(CC)CC.CCCC.CCCC.CCCC(C)(C)C.CCCC(C)(C)C.CCCC(C)C.CCCC(C)C.CCCC(C)CC.CCCC(C)CC.CCCCC.CCCCC(C)C.CCCCC(C)C.CCCCCCC.Cc1ccccc1. The molecule has 0 radical (unpaired) electrons. The molecule has 0 spiro atoms. The van der Waals surface area contributed by atoms with Crippen LogP contribution in [0.2, 0.25) is 0 Å². The van der Waals surface area contributed by atoms with Gasteiger partial charge in [-0.3, -0.25) is 0 Å². The summed E-state index contributed by atoms with van der Waals surface area (Å²) in [5, 5.41) is 0. The lowest BCUT2D eigenvalue weighted by molar-refractivity contribution is 0.338. The first-order valence-electron chi connectivity index (χ1n) is 68.3. The molecule has 0 heterocycles. The summed E-state index contributed by atoms with van der Waals surface area (Å²) < 4.78 is 0. The van der Waals surface area contributed by atoms with Crippen LogP contribution in [0.3, 0.4) is 0 Å². The number of hydrogen-bond donors (Lipinski definition) is 0. The van der Waals surface area contributed by atoms with Gasteiger partial charge >= 0.3 is 0 Å². The van der Waals surface area contributed by atoms with Crippen LogP contribution in [-0.2, 0) is 0 Å². The minimum Gasteiger partial charge on any atom is -0.0683 e. The fraction of sp³-hybridized carbons (Fsp3) is 0.960. The second-order valence-electron chi connectivity index (χ2n) is 54.6. The molecule has 2 fully saturated rings. The Morgan fingerprint density at radius 3 is 0.487 bits per heavy atom. The molecule has 0 amide bonds. The van der Waals surface area contributed by atoms with Crippen molar-refractivity contribution in [3.63, 3.8) is 0 Å². The summed E-state index contributed by atoms with van der Waals surface area (Å²) in [5.41, 5.74) is 4.59. The van der Waals surface area contributed by atoms with E-state index in [4.69, 9.17) is 0 Å². The van der Waals surface area contributed by atoms with E-state index in [-0.39, 0.29) is 0 Å². The van der Waals surface area contributed by atoms with Gasteiger partial charge < -0.3 is 0 Å². The molecule has 2 atom stereocenters. The molecule has 0 aromatic heterocycles. The van der Waals surface area contributed by atoms with E-state index < -0.39 is 0 Å². The van der Waals surface area contributed by atoms with Crippen molar-refractivity contribution in [2.45, 2.75) is 839 Å². The van der Waals surface area contributed by atoms with Crippen molar-refractivity contribution >= 4 is 0 Å². The molecule has 0 bridgehead atoms. The first-order chi connectivity index (χ1) is 69.2. The van der Waals surface area contributed by atoms with Crippen molar-refractivity contribution in [2.24, 2.45) is 109 Å². The van der Waals surface area contributed by atoms with E-state index in [1.165, 1.54) is 346 Å². The highest BCUT2D eigenvalue weighted by Crippen LogP contribution is 2.26. The first kappa shape index (κ1) is 206. The van der Waals surface area contributed by atoms with Crippen molar-refractivity contribution in [1.82, 2.24) is 0 Å². The average molecular weight is 2140 g/mol. The Bertz CT molecular complexity index is 1890. The fourth-order valence-electron chi connectivity index (χ4n) is 10.7. The zero-order chi connectivity index (χ0) is 124. The minimum absolute atomic E-state index is 0.500. The van der Waals surface area contributed by atoms with Gasteiger partial charge in [0, 0.05) is 0 Å². The third-order valence-electron chi connectivity index (χ3n) is 25.1. The summed E-state index contributed by atoms with van der Waals surface area (Å²) in [6, 6.07) is 10.3. The number of benzene rings is 1. The predicted molar refractivity (Wildman–Crippen MR) is 739 cm³/mol. The normalized spacial score (nSPS) is 11.8. The van der Waals surface area contributed by atoms with Gasteiger partial charge in [-0.2, -0.15) is 0 Å². The third kappa shape index (κ3) is 404. The Kier molecular flexibility index (Phi) is 241. The predicted octanol–water partition coefficient (Wildman–Crippen LogP) is 60.7. The van der Waals surface area contributed by atoms with Gasteiger partial charge in [0.25, 0.3) is 0 Å². The summed E-state index contributed by atoms with van der Waals surface area (Å²) in [5.74, 6) is 12.1. The van der Waals surface area contributed by atoms with Crippen LogP contribution < -0.4 is 0 Å². The maximum atomic E-state index is 2.36. The van der Waals surface area contributed by atoms with E-state index in [2.05, 4.69) is 497 Å². The molecule has 150 heavy (non-hydrogen) atoms. The van der Waals surface area contributed by atoms with Crippen molar-refractivity contribution in [2.75, 3.05) is 0 Å². The maximum Gasteiger partial charge on any atom is -0.0359 e. The molecule has 0 heteroatoms. The van der Waals surface area contributed by atoms with Crippen LogP contribution in [0, 0.1) is 116 Å². The molecule has 2 saturated carbocycles. The largest absolute Gasteiger partial charge is 0.0683 e. The van der Waals surface area contributed by atoms with E-state index in [9.17, 15) is 0 Å². The molecule has 0 saturated heterocycles. The molecule has 1 aromatic rings. The number of rotatable bonds is 35. The lowest BCUT2D eigenvalue weighted by Gasteiger charge is -2.18. The van der Waals surface area contributed by atoms with Crippen molar-refractivity contribution in [3.8, 4) is 0 Å². The topological polar surface area (TPSA) is 0 Å². The minimum atomic E-state index is 0.500. The van der Waals surface area contributed by atoms with Gasteiger partial charge in [0.15, 0.2) is 0 Å². The van der Waals surface area contributed by atoms with Crippen LogP contribution in [0.4, 0.5) is 0 Å². The van der Waals surface area contributed by atoms with Crippen molar-refractivity contribution in [1.29, 1.82) is 0 Å². The van der Waals surface area contributed by atoms with Gasteiger partial charge in [0.05, 0.1) is 0 Å². The van der Waals surface area contributed by atoms with Gasteiger partial charge in [-0.1, -0.05) is 855 Å². The fourth-order valence-corrected chi connectivity index (χ4v) is 10.7. The maximum absolute atomic E-state index is 2.36. The standard InChI is InChI=1S/C7H14.C7H8.9C7H16.C6H12.5C6H14.4C5H12.3C4H10.C3H8.C2H6/c2*1-7-5-3-2-4-6-7;2*1-5-6-7(2,3)4;1-5-7(3,4)6-2;2*1-4-5-6-7(2)3;2*1-4-6-7(3)5-2;1-4-7(5-2)6-3;1-3-5-7-6-4-2;1-6-4-2-3-5-6;2*1-5-6(2,3)4;2*1-4-5-6(2)3;1-4-6(3)5-2;1-5(2,3)4;2*1-4-5(2)3;1-3-5-4-2;1-4(2)3;2*1-3-4-2;1-3-2;1-2/h7H,2-6H2,1H3;2-6H,1H3;3*5-6H2,1-4H3;5*7H,4-6H2,1-3H3;3-7H2,1-2H3;6H,2-5H2,1H3;2*5H2,1-4H3;3*6H,4-5H2,1-3H3;1-4H3;2*5H,4H2,1-3H3;3-5H2,1-2H3;4H,1-3H3;2*3-4H2,1-2H3;3H2,1-2H3;1-2H3. The summed E-state index contributed by atoms with van der Waals surface area (Å²) in [7, 11) is 0. The van der Waals surface area contributed by atoms with Gasteiger partial charge in [-0.05, 0) is 129 Å². The lowest BCUT2D eigenvalue weighted by Crippen LogP contribution is -2.05. The highest BCUT2D eigenvalue weighted by molar-refractivity contribution is 5.11. The Morgan fingerprint density at radius 1 is 0.227 bits per heavy atom. The zero-order valence-electron chi connectivity index (χ0n) is 123. The van der Waals surface area contributed by atoms with Crippen LogP contribution in [0.15, 0.2) is 30.3 Å². The summed E-state index contributed by atoms with van der Waals surface area (Å²) >= 11 is 0. The molecule has 0 N–H and O–H groups in total. The Morgan fingerprint density at radius 2 is 0.433 bits per heavy atom. The van der Waals surface area contributed by atoms with Crippen LogP contribution in [0.1, 0.15) is 837 Å². The molecule has 2 aliphatic carbocycles. The van der Waals surface area contributed by atoms with Gasteiger partial charge in [-0.25, -0.2) is 0 Å². The lowest BCUT2D eigenvalue weighted by atomic mass is 9.88. The third-order valence-corrected chi connectivity index (χ3v) is 25.1. The zero-order valence-corrected chi connectivity index (χ0v) is 123. The van der Waals surface area contributed by atoms with Crippen molar-refractivity contribution < 1.29 is 0 Å². The number of aryl methyl sites for hydroxylation is 1. The molecule has 0 nitrogen and oxygen atoms in total. The Labute approximate surface area is 977 Å². The molecule has 940 valence electrons. The monoisotopic (exact) mass is 2140 g/mol. The van der Waals surface area contributed by atoms with Crippen LogP contribution in [-0.4, -0.2) is 0 Å². The summed E-state index contributed by atoms with van der Waals surface area (Å²) in [6.45, 7) is 160. The van der Waals surface area contributed by atoms with Crippen LogP contribution >= 0.6 is 0 Å². The average Bonchev–Trinajstić information content (AvgIpc) is 1.20. The van der Waals surface area contributed by atoms with E-state index in [0.717, 1.165) is 76.9 Å². The Hall–Kier alpha value is -0.780. The van der Waals surface area contributed by atoms with E-state index in [0.29, 0.717) is 32.5 Å². The van der Waals surface area contributed by atoms with Crippen LogP contribution in [0.25, 0.3) is 0 Å². The van der Waals surface area contributed by atoms with E-state index >= 15 is 0 Å². The highest BCUT2D eigenvalue weighted by atomic mass is 14.2.